The smallest absolute Gasteiger partial charge is 0.259 e. The van der Waals surface area contributed by atoms with Crippen molar-refractivity contribution >= 4 is 50.0 Å². The average molecular weight is 768 g/mol. The number of amides is 3. The quantitative estimate of drug-likeness (QED) is 0.164. The number of thiazole rings is 1. The van der Waals surface area contributed by atoms with E-state index in [2.05, 4.69) is 30.8 Å². The fourth-order valence-electron chi connectivity index (χ4n) is 7.60. The van der Waals surface area contributed by atoms with Crippen molar-refractivity contribution in [2.24, 2.45) is 17.8 Å². The summed E-state index contributed by atoms with van der Waals surface area (Å²) in [6.45, 7) is 10.7. The van der Waals surface area contributed by atoms with E-state index in [0.29, 0.717) is 61.4 Å². The third-order valence-electron chi connectivity index (χ3n) is 11.2. The first-order chi connectivity index (χ1) is 25.2. The number of unbranched alkanes of at least 4 members (excludes halogenated alkanes) is 2. The van der Waals surface area contributed by atoms with E-state index in [9.17, 15) is 22.8 Å². The number of rotatable bonds is 16. The normalized spacial score (nSPS) is 23.9. The molecule has 0 aliphatic heterocycles. The number of carbonyl (C=O) groups excluding carboxylic acids is 3. The van der Waals surface area contributed by atoms with E-state index in [-0.39, 0.29) is 24.2 Å². The number of aromatic nitrogens is 2. The first-order valence-electron chi connectivity index (χ1n) is 19.0. The van der Waals surface area contributed by atoms with Crippen LogP contribution in [0, 0.1) is 24.7 Å². The second kappa shape index (κ2) is 15.5. The summed E-state index contributed by atoms with van der Waals surface area (Å²) < 4.78 is 40.1. The van der Waals surface area contributed by atoms with E-state index in [1.807, 2.05) is 37.4 Å². The Labute approximate surface area is 316 Å². The van der Waals surface area contributed by atoms with Gasteiger partial charge in [-0.2, -0.15) is 0 Å². The van der Waals surface area contributed by atoms with Crippen molar-refractivity contribution in [2.75, 3.05) is 20.7 Å². The number of fused-ring (bicyclic) bond motifs is 1. The number of aryl methyl sites for hydroxylation is 1. The van der Waals surface area contributed by atoms with Crippen LogP contribution >= 0.6 is 11.3 Å². The van der Waals surface area contributed by atoms with E-state index >= 15 is 0 Å². The van der Waals surface area contributed by atoms with Crippen LogP contribution in [-0.4, -0.2) is 78.6 Å². The zero-order valence-corrected chi connectivity index (χ0v) is 33.5. The lowest BCUT2D eigenvalue weighted by Gasteiger charge is -2.26. The minimum atomic E-state index is -3.81. The summed E-state index contributed by atoms with van der Waals surface area (Å²) in [6, 6.07) is 5.67. The van der Waals surface area contributed by atoms with Gasteiger partial charge in [-0.15, -0.1) is 11.3 Å². The molecule has 53 heavy (non-hydrogen) atoms. The van der Waals surface area contributed by atoms with Crippen LogP contribution in [0.2, 0.25) is 0 Å². The van der Waals surface area contributed by atoms with Gasteiger partial charge in [0.1, 0.15) is 33.8 Å². The number of pyridine rings is 1. The maximum Gasteiger partial charge on any atom is 0.259 e. The first kappa shape index (κ1) is 38.9. The maximum atomic E-state index is 14.3. The van der Waals surface area contributed by atoms with E-state index < -0.39 is 50.6 Å². The average Bonchev–Trinajstić information content (AvgIpc) is 4.01. The van der Waals surface area contributed by atoms with Gasteiger partial charge in [-0.3, -0.25) is 19.1 Å². The van der Waals surface area contributed by atoms with Crippen molar-refractivity contribution in [3.8, 4) is 22.2 Å². The molecule has 3 aromatic rings. The van der Waals surface area contributed by atoms with E-state index in [1.54, 1.807) is 19.1 Å². The van der Waals surface area contributed by atoms with Crippen LogP contribution in [0.25, 0.3) is 21.6 Å². The number of nitrogens with one attached hydrogen (secondary N) is 2. The summed E-state index contributed by atoms with van der Waals surface area (Å²) in [5.74, 6) is -1.44. The van der Waals surface area contributed by atoms with Gasteiger partial charge in [0.25, 0.3) is 5.91 Å². The van der Waals surface area contributed by atoms with E-state index in [1.165, 1.54) is 11.3 Å². The Hall–Kier alpha value is -3.78. The number of benzene rings is 1. The Morgan fingerprint density at radius 1 is 1.08 bits per heavy atom. The van der Waals surface area contributed by atoms with Gasteiger partial charge < -0.3 is 19.7 Å². The maximum absolute atomic E-state index is 14.3. The fraction of sp³-hybridized carbons (Fsp3) is 0.615. The molecular weight excluding hydrogens is 715 g/mol. The van der Waals surface area contributed by atoms with E-state index in [4.69, 9.17) is 19.4 Å². The number of sulfonamides is 1. The lowest BCUT2D eigenvalue weighted by molar-refractivity contribution is -0.140. The molecule has 2 N–H and O–H groups in total. The molecule has 0 bridgehead atoms. The molecule has 3 aliphatic carbocycles. The molecule has 3 saturated carbocycles. The Bertz CT molecular complexity index is 1980. The van der Waals surface area contributed by atoms with Gasteiger partial charge in [0, 0.05) is 36.0 Å². The Balaban J connectivity index is 1.31. The molecule has 5 atom stereocenters. The second-order valence-electron chi connectivity index (χ2n) is 15.4. The van der Waals surface area contributed by atoms with Gasteiger partial charge in [-0.05, 0) is 69.4 Å². The molecule has 0 radical (unpaired) electrons. The molecule has 2 heterocycles. The standard InChI is InChI=1S/C39H53N5O7S2/c1-8-10-11-16-44(6)37(46)29-18-25(17-28(29)35(45)42-39(20-24(39)9-2)38(47)43-53(48,49)26-12-13-26)51-33-19-30(36-41-31(21-52-36)22(3)4)40-34-23(5)32(50-7)15-14-27(33)34/h14-15,19,21-22,24-26,28-29H,8-13,16-18,20H2,1-7H3,(H,42,45)(H,43,47)/t24-,25-,28-,29-,39-/m1/s1. The molecule has 6 rings (SSSR count). The Kier molecular flexibility index (Phi) is 11.4. The third-order valence-corrected chi connectivity index (χ3v) is 13.9. The lowest BCUT2D eigenvalue weighted by Crippen LogP contribution is -2.54. The summed E-state index contributed by atoms with van der Waals surface area (Å²) >= 11 is 1.52. The molecule has 12 nitrogen and oxygen atoms in total. The van der Waals surface area contributed by atoms with E-state index in [0.717, 1.165) is 40.9 Å². The van der Waals surface area contributed by atoms with Crippen molar-refractivity contribution in [1.29, 1.82) is 0 Å². The van der Waals surface area contributed by atoms with Crippen molar-refractivity contribution < 1.29 is 32.3 Å². The van der Waals surface area contributed by atoms with Gasteiger partial charge in [0.15, 0.2) is 0 Å². The molecule has 288 valence electrons. The molecule has 2 aromatic heterocycles. The predicted octanol–water partition coefficient (Wildman–Crippen LogP) is 6.11. The van der Waals surface area contributed by atoms with Crippen molar-refractivity contribution in [1.82, 2.24) is 24.9 Å². The van der Waals surface area contributed by atoms with Crippen LogP contribution in [0.1, 0.15) is 103 Å². The zero-order chi connectivity index (χ0) is 38.2. The Morgan fingerprint density at radius 2 is 1.81 bits per heavy atom. The van der Waals surface area contributed by atoms with Gasteiger partial charge in [-0.25, -0.2) is 18.4 Å². The van der Waals surface area contributed by atoms with Crippen LogP contribution in [0.15, 0.2) is 23.6 Å². The summed E-state index contributed by atoms with van der Waals surface area (Å²) in [7, 11) is -0.417. The largest absolute Gasteiger partial charge is 0.496 e. The van der Waals surface area contributed by atoms with Crippen LogP contribution in [0.4, 0.5) is 0 Å². The summed E-state index contributed by atoms with van der Waals surface area (Å²) in [4.78, 5) is 53.5. The molecule has 0 spiro atoms. The first-order valence-corrected chi connectivity index (χ1v) is 21.4. The van der Waals surface area contributed by atoms with Gasteiger partial charge in [-0.1, -0.05) is 47.0 Å². The predicted molar refractivity (Wildman–Crippen MR) is 205 cm³/mol. The molecule has 0 saturated heterocycles. The fourth-order valence-corrected chi connectivity index (χ4v) is 9.91. The molecule has 3 aliphatic rings. The zero-order valence-electron chi connectivity index (χ0n) is 31.9. The summed E-state index contributed by atoms with van der Waals surface area (Å²) in [5.41, 5.74) is 1.86. The van der Waals surface area contributed by atoms with Crippen molar-refractivity contribution in [3.63, 3.8) is 0 Å². The van der Waals surface area contributed by atoms with Crippen molar-refractivity contribution in [3.05, 3.63) is 34.8 Å². The van der Waals surface area contributed by atoms with Crippen LogP contribution in [-0.2, 0) is 24.4 Å². The minimum absolute atomic E-state index is 0.144. The molecule has 3 amide bonds. The van der Waals surface area contributed by atoms with Gasteiger partial charge in [0.05, 0.1) is 35.4 Å². The van der Waals surface area contributed by atoms with Crippen LogP contribution in [0.5, 0.6) is 11.5 Å². The number of hydrogen-bond acceptors (Lipinski definition) is 10. The Morgan fingerprint density at radius 3 is 2.43 bits per heavy atom. The topological polar surface area (TPSA) is 157 Å². The molecule has 0 unspecified atom stereocenters. The highest BCUT2D eigenvalue weighted by atomic mass is 32.2. The van der Waals surface area contributed by atoms with Crippen molar-refractivity contribution in [2.45, 2.75) is 115 Å². The number of carbonyl (C=O) groups is 3. The molecular formula is C39H53N5O7S2. The summed E-state index contributed by atoms with van der Waals surface area (Å²) in [6.07, 6.45) is 4.84. The minimum Gasteiger partial charge on any atom is -0.496 e. The number of methoxy groups -OCH3 is 1. The second-order valence-corrected chi connectivity index (χ2v) is 18.2. The molecule has 1 aromatic carbocycles. The highest BCUT2D eigenvalue weighted by molar-refractivity contribution is 7.91. The molecule has 14 heteroatoms. The monoisotopic (exact) mass is 767 g/mol. The highest BCUT2D eigenvalue weighted by Gasteiger charge is 2.62. The lowest BCUT2D eigenvalue weighted by atomic mass is 9.93. The summed E-state index contributed by atoms with van der Waals surface area (Å²) in [5, 5.41) is 5.97. The number of hydrogen-bond donors (Lipinski definition) is 2. The van der Waals surface area contributed by atoms with Gasteiger partial charge >= 0.3 is 0 Å². The third kappa shape index (κ3) is 8.04. The van der Waals surface area contributed by atoms with Crippen LogP contribution in [0.3, 0.4) is 0 Å². The van der Waals surface area contributed by atoms with Gasteiger partial charge in [0.2, 0.25) is 21.8 Å². The SMILES string of the molecule is CCCCCN(C)C(=O)[C@@H]1C[C@H](Oc2cc(-c3nc(C(C)C)cs3)nc3c(C)c(OC)ccc23)C[C@H]1C(=O)N[C@]1(C(=O)NS(=O)(=O)C2CC2)C[C@H]1CC. The van der Waals surface area contributed by atoms with Crippen LogP contribution < -0.4 is 19.5 Å². The molecule has 3 fully saturated rings. The number of ether oxygens (including phenoxy) is 2. The highest BCUT2D eigenvalue weighted by Crippen LogP contribution is 2.48. The number of nitrogens with zero attached hydrogens (tertiary/aromatic N) is 3.